The van der Waals surface area contributed by atoms with Gasteiger partial charge in [-0.25, -0.2) is 0 Å². The lowest BCUT2D eigenvalue weighted by Gasteiger charge is -2.49. The van der Waals surface area contributed by atoms with E-state index in [-0.39, 0.29) is 5.91 Å². The van der Waals surface area contributed by atoms with Gasteiger partial charge >= 0.3 is 5.97 Å². The van der Waals surface area contributed by atoms with Crippen molar-refractivity contribution in [2.75, 3.05) is 20.3 Å². The van der Waals surface area contributed by atoms with Gasteiger partial charge in [0.05, 0.1) is 20.3 Å². The predicted molar refractivity (Wildman–Crippen MR) is 109 cm³/mol. The summed E-state index contributed by atoms with van der Waals surface area (Å²) in [5, 5.41) is 0. The van der Waals surface area contributed by atoms with Gasteiger partial charge in [-0.15, -0.1) is 0 Å². The summed E-state index contributed by atoms with van der Waals surface area (Å²) in [6.07, 6.45) is 1.22. The van der Waals surface area contributed by atoms with E-state index >= 15 is 0 Å². The van der Waals surface area contributed by atoms with E-state index in [4.69, 9.17) is 9.47 Å². The van der Waals surface area contributed by atoms with Crippen LogP contribution in [0.3, 0.4) is 0 Å². The van der Waals surface area contributed by atoms with Crippen LogP contribution in [0.25, 0.3) is 5.70 Å². The van der Waals surface area contributed by atoms with Crippen molar-refractivity contribution in [3.05, 3.63) is 78.4 Å². The number of methoxy groups -OCH3 is 1. The maximum Gasteiger partial charge on any atom is 0.322 e. The number of hydrogen-bond acceptors (Lipinski definition) is 4. The average molecular weight is 391 g/mol. The molecular formula is C24H25NO4. The van der Waals surface area contributed by atoms with Crippen molar-refractivity contribution >= 4 is 17.6 Å². The summed E-state index contributed by atoms with van der Waals surface area (Å²) in [4.78, 5) is 27.9. The minimum absolute atomic E-state index is 0.229. The SMILES string of the molecule is C=C(c1ccccc1)N1C[C@@]2(COCc3ccccc3)CC[C@@]2(C(=O)OC)C1=O. The molecule has 1 aliphatic heterocycles. The zero-order valence-electron chi connectivity index (χ0n) is 16.6. The van der Waals surface area contributed by atoms with E-state index in [9.17, 15) is 9.59 Å². The van der Waals surface area contributed by atoms with Gasteiger partial charge in [0.15, 0.2) is 5.41 Å². The molecule has 2 aliphatic rings. The molecule has 0 N–H and O–H groups in total. The molecule has 5 nitrogen and oxygen atoms in total. The number of carbonyl (C=O) groups excluding carboxylic acids is 2. The average Bonchev–Trinajstić information content (AvgIpc) is 2.92. The van der Waals surface area contributed by atoms with Gasteiger partial charge in [-0.2, -0.15) is 0 Å². The zero-order valence-corrected chi connectivity index (χ0v) is 16.6. The van der Waals surface area contributed by atoms with Gasteiger partial charge in [0.2, 0.25) is 5.91 Å². The van der Waals surface area contributed by atoms with Crippen LogP contribution in [0.2, 0.25) is 0 Å². The van der Waals surface area contributed by atoms with Gasteiger partial charge in [0.1, 0.15) is 0 Å². The fourth-order valence-electron chi connectivity index (χ4n) is 4.65. The highest BCUT2D eigenvalue weighted by atomic mass is 16.5. The largest absolute Gasteiger partial charge is 0.468 e. The van der Waals surface area contributed by atoms with Crippen molar-refractivity contribution in [1.29, 1.82) is 0 Å². The van der Waals surface area contributed by atoms with E-state index in [1.165, 1.54) is 7.11 Å². The minimum atomic E-state index is -1.18. The Hall–Kier alpha value is -2.92. The van der Waals surface area contributed by atoms with Gasteiger partial charge in [-0.1, -0.05) is 67.2 Å². The first-order valence-electron chi connectivity index (χ1n) is 9.80. The lowest BCUT2D eigenvalue weighted by molar-refractivity contribution is -0.183. The Morgan fingerprint density at radius 1 is 1.07 bits per heavy atom. The summed E-state index contributed by atoms with van der Waals surface area (Å²) in [6, 6.07) is 19.4. The number of benzene rings is 2. The number of carbonyl (C=O) groups is 2. The fourth-order valence-corrected chi connectivity index (χ4v) is 4.65. The van der Waals surface area contributed by atoms with Crippen molar-refractivity contribution in [2.24, 2.45) is 10.8 Å². The van der Waals surface area contributed by atoms with Crippen molar-refractivity contribution < 1.29 is 19.1 Å². The standard InChI is InChI=1S/C24H25NO4/c1-18(20-11-7-4-8-12-20)25-16-23(17-29-15-19-9-5-3-6-10-19)13-14-24(23,21(25)26)22(27)28-2/h3-12H,1,13-17H2,2H3/t23-,24+/m1/s1. The van der Waals surface area contributed by atoms with Crippen molar-refractivity contribution in [1.82, 2.24) is 4.90 Å². The summed E-state index contributed by atoms with van der Waals surface area (Å²) in [5.41, 5.74) is 0.750. The molecule has 1 saturated heterocycles. The van der Waals surface area contributed by atoms with Crippen LogP contribution in [0.5, 0.6) is 0 Å². The molecule has 1 amide bonds. The van der Waals surface area contributed by atoms with Crippen molar-refractivity contribution in [3.8, 4) is 0 Å². The quantitative estimate of drug-likeness (QED) is 0.534. The first kappa shape index (κ1) is 19.4. The van der Waals surface area contributed by atoms with Crippen LogP contribution in [0.4, 0.5) is 0 Å². The van der Waals surface area contributed by atoms with Crippen LogP contribution < -0.4 is 0 Å². The second-order valence-electron chi connectivity index (χ2n) is 7.86. The van der Waals surface area contributed by atoms with Crippen LogP contribution in [0, 0.1) is 10.8 Å². The summed E-state index contributed by atoms with van der Waals surface area (Å²) >= 11 is 0. The third-order valence-electron chi connectivity index (χ3n) is 6.41. The number of likely N-dealkylation sites (tertiary alicyclic amines) is 1. The third-order valence-corrected chi connectivity index (χ3v) is 6.41. The molecule has 0 bridgehead atoms. The lowest BCUT2D eigenvalue weighted by Crippen LogP contribution is -2.59. The van der Waals surface area contributed by atoms with Crippen LogP contribution in [0.1, 0.15) is 24.0 Å². The smallest absolute Gasteiger partial charge is 0.322 e. The number of nitrogens with zero attached hydrogens (tertiary/aromatic N) is 1. The zero-order chi connectivity index (χ0) is 20.5. The van der Waals surface area contributed by atoms with E-state index in [1.807, 2.05) is 60.7 Å². The molecule has 2 fully saturated rings. The molecule has 1 aliphatic carbocycles. The monoisotopic (exact) mass is 391 g/mol. The number of esters is 1. The number of rotatable bonds is 7. The first-order valence-corrected chi connectivity index (χ1v) is 9.80. The summed E-state index contributed by atoms with van der Waals surface area (Å²) in [7, 11) is 1.34. The fraction of sp³-hybridized carbons (Fsp3) is 0.333. The molecule has 4 rings (SSSR count). The van der Waals surface area contributed by atoms with Gasteiger partial charge in [0, 0.05) is 17.7 Å². The van der Waals surface area contributed by atoms with Crippen molar-refractivity contribution in [3.63, 3.8) is 0 Å². The highest BCUT2D eigenvalue weighted by Crippen LogP contribution is 2.63. The Labute approximate surface area is 170 Å². The molecule has 5 heteroatoms. The molecule has 2 atom stereocenters. The number of ether oxygens (including phenoxy) is 2. The number of hydrogen-bond donors (Lipinski definition) is 0. The summed E-state index contributed by atoms with van der Waals surface area (Å²) in [6.45, 7) is 5.31. The Bertz CT molecular complexity index is 926. The third kappa shape index (κ3) is 2.97. The van der Waals surface area contributed by atoms with Crippen molar-refractivity contribution in [2.45, 2.75) is 19.4 Å². The second kappa shape index (κ2) is 7.48. The van der Waals surface area contributed by atoms with E-state index in [0.29, 0.717) is 31.9 Å². The molecule has 150 valence electrons. The lowest BCUT2D eigenvalue weighted by atomic mass is 9.51. The highest BCUT2D eigenvalue weighted by molar-refractivity contribution is 6.09. The van der Waals surface area contributed by atoms with Gasteiger partial charge < -0.3 is 14.4 Å². The summed E-state index contributed by atoms with van der Waals surface area (Å²) < 4.78 is 11.1. The molecule has 1 saturated carbocycles. The van der Waals surface area contributed by atoms with Gasteiger partial charge in [0.25, 0.3) is 0 Å². The second-order valence-corrected chi connectivity index (χ2v) is 7.86. The Morgan fingerprint density at radius 2 is 1.72 bits per heavy atom. The maximum atomic E-state index is 13.5. The molecule has 2 aromatic carbocycles. The maximum absolute atomic E-state index is 13.5. The first-order chi connectivity index (χ1) is 14.0. The van der Waals surface area contributed by atoms with Gasteiger partial charge in [-0.05, 0) is 24.0 Å². The van der Waals surface area contributed by atoms with E-state index in [2.05, 4.69) is 6.58 Å². The number of amides is 1. The van der Waals surface area contributed by atoms with Crippen LogP contribution in [0.15, 0.2) is 67.2 Å². The predicted octanol–water partition coefficient (Wildman–Crippen LogP) is 3.66. The van der Waals surface area contributed by atoms with Crippen LogP contribution >= 0.6 is 0 Å². The molecule has 1 heterocycles. The molecule has 0 unspecified atom stereocenters. The van der Waals surface area contributed by atoms with E-state index in [0.717, 1.165) is 17.5 Å². The minimum Gasteiger partial charge on any atom is -0.468 e. The van der Waals surface area contributed by atoms with Gasteiger partial charge in [-0.3, -0.25) is 9.59 Å². The molecular weight excluding hydrogens is 366 g/mol. The molecule has 29 heavy (non-hydrogen) atoms. The Balaban J connectivity index is 1.59. The van der Waals surface area contributed by atoms with E-state index < -0.39 is 16.8 Å². The Kier molecular flexibility index (Phi) is 5.01. The van der Waals surface area contributed by atoms with E-state index in [1.54, 1.807) is 4.90 Å². The molecule has 0 aromatic heterocycles. The molecule has 2 aromatic rings. The highest BCUT2D eigenvalue weighted by Gasteiger charge is 2.74. The molecule has 0 spiro atoms. The van der Waals surface area contributed by atoms with Crippen LogP contribution in [-0.4, -0.2) is 37.0 Å². The normalized spacial score (nSPS) is 25.3. The Morgan fingerprint density at radius 3 is 2.31 bits per heavy atom. The molecule has 0 radical (unpaired) electrons. The van der Waals surface area contributed by atoms with Crippen LogP contribution in [-0.2, 0) is 25.7 Å². The number of fused-ring (bicyclic) bond motifs is 1. The summed E-state index contributed by atoms with van der Waals surface area (Å²) in [5.74, 6) is -0.701. The topological polar surface area (TPSA) is 55.8 Å².